The van der Waals surface area contributed by atoms with Crippen molar-refractivity contribution in [3.8, 4) is 22.7 Å². The first kappa shape index (κ1) is 20.1. The van der Waals surface area contributed by atoms with E-state index in [0.29, 0.717) is 15.6 Å². The minimum atomic E-state index is -0.610. The molecule has 0 spiro atoms. The van der Waals surface area contributed by atoms with Crippen molar-refractivity contribution < 1.29 is 14.3 Å². The molecule has 1 amide bonds. The van der Waals surface area contributed by atoms with Gasteiger partial charge in [-0.3, -0.25) is 4.79 Å². The molecule has 0 saturated carbocycles. The minimum Gasteiger partial charge on any atom is -0.451 e. The smallest absolute Gasteiger partial charge is 0.350 e. The van der Waals surface area contributed by atoms with E-state index in [1.807, 2.05) is 42.5 Å². The Bertz CT molecular complexity index is 863. The van der Waals surface area contributed by atoms with E-state index in [0.717, 1.165) is 5.56 Å². The molecule has 0 aliphatic carbocycles. The van der Waals surface area contributed by atoms with E-state index in [-0.39, 0.29) is 25.9 Å². The molecule has 1 aromatic carbocycles. The van der Waals surface area contributed by atoms with Gasteiger partial charge in [0.15, 0.2) is 6.61 Å². The number of nitrogens with zero attached hydrogens (tertiary/aromatic N) is 4. The highest BCUT2D eigenvalue weighted by Crippen LogP contribution is 2.28. The number of esters is 1. The highest BCUT2D eigenvalue weighted by molar-refractivity contribution is 7.17. The van der Waals surface area contributed by atoms with Crippen LogP contribution in [-0.2, 0) is 9.53 Å². The molecule has 8 heteroatoms. The molecule has 0 atom stereocenters. The van der Waals surface area contributed by atoms with Gasteiger partial charge in [0, 0.05) is 18.7 Å². The lowest BCUT2D eigenvalue weighted by Gasteiger charge is -2.19. The molecule has 7 nitrogen and oxygen atoms in total. The van der Waals surface area contributed by atoms with Gasteiger partial charge in [0.05, 0.1) is 30.7 Å². The number of hydrogen-bond donors (Lipinski definition) is 0. The first-order valence-electron chi connectivity index (χ1n) is 8.28. The summed E-state index contributed by atoms with van der Waals surface area (Å²) >= 11 is 1.21. The van der Waals surface area contributed by atoms with Crippen LogP contribution in [0.1, 0.15) is 28.2 Å². The number of benzene rings is 1. The fourth-order valence-electron chi connectivity index (χ4n) is 2.31. The van der Waals surface area contributed by atoms with Crippen LogP contribution in [0, 0.1) is 29.6 Å². The fourth-order valence-corrected chi connectivity index (χ4v) is 3.27. The predicted molar refractivity (Wildman–Crippen MR) is 99.6 cm³/mol. The number of amides is 1. The zero-order chi connectivity index (χ0) is 19.6. The Morgan fingerprint density at radius 1 is 1.15 bits per heavy atom. The van der Waals surface area contributed by atoms with Gasteiger partial charge in [-0.25, -0.2) is 9.78 Å². The average molecular weight is 382 g/mol. The van der Waals surface area contributed by atoms with Gasteiger partial charge >= 0.3 is 5.97 Å². The third kappa shape index (κ3) is 5.63. The fraction of sp³-hybridized carbons (Fsp3) is 0.316. The van der Waals surface area contributed by atoms with Gasteiger partial charge in [-0.1, -0.05) is 30.3 Å². The van der Waals surface area contributed by atoms with Crippen LogP contribution in [0.5, 0.6) is 0 Å². The van der Waals surface area contributed by atoms with Crippen LogP contribution in [0.4, 0.5) is 0 Å². The first-order valence-corrected chi connectivity index (χ1v) is 9.10. The van der Waals surface area contributed by atoms with Gasteiger partial charge in [-0.2, -0.15) is 10.5 Å². The molecule has 2 rings (SSSR count). The maximum atomic E-state index is 12.3. The van der Waals surface area contributed by atoms with Crippen molar-refractivity contribution in [1.82, 2.24) is 9.88 Å². The van der Waals surface area contributed by atoms with Crippen LogP contribution >= 0.6 is 11.3 Å². The summed E-state index contributed by atoms with van der Waals surface area (Å²) in [4.78, 5) is 30.7. The molecule has 0 aliphatic rings. The van der Waals surface area contributed by atoms with E-state index >= 15 is 0 Å². The highest BCUT2D eigenvalue weighted by Gasteiger charge is 2.20. The number of carbonyl (C=O) groups excluding carboxylic acids is 2. The van der Waals surface area contributed by atoms with Crippen LogP contribution < -0.4 is 0 Å². The maximum Gasteiger partial charge on any atom is 0.350 e. The third-order valence-electron chi connectivity index (χ3n) is 3.67. The molecule has 1 aromatic heterocycles. The van der Waals surface area contributed by atoms with Crippen LogP contribution in [0.3, 0.4) is 0 Å². The van der Waals surface area contributed by atoms with Gasteiger partial charge in [-0.05, 0) is 6.92 Å². The molecule has 0 saturated heterocycles. The summed E-state index contributed by atoms with van der Waals surface area (Å²) in [6.45, 7) is 1.68. The topological polar surface area (TPSA) is 107 Å². The normalized spacial score (nSPS) is 9.89. The molecule has 0 aliphatic heterocycles. The number of aryl methyl sites for hydroxylation is 1. The van der Waals surface area contributed by atoms with Crippen molar-refractivity contribution in [1.29, 1.82) is 10.5 Å². The van der Waals surface area contributed by atoms with E-state index in [4.69, 9.17) is 15.3 Å². The second-order valence-electron chi connectivity index (χ2n) is 5.57. The van der Waals surface area contributed by atoms with Gasteiger partial charge in [0.1, 0.15) is 9.88 Å². The lowest BCUT2D eigenvalue weighted by molar-refractivity contribution is -0.134. The summed E-state index contributed by atoms with van der Waals surface area (Å²) in [6.07, 6.45) is 0.305. The average Bonchev–Trinajstić information content (AvgIpc) is 3.08. The molecule has 0 radical (unpaired) electrons. The number of thiazole rings is 1. The molecule has 138 valence electrons. The summed E-state index contributed by atoms with van der Waals surface area (Å²) in [5.41, 5.74) is 1.45. The van der Waals surface area contributed by atoms with Crippen molar-refractivity contribution in [2.75, 3.05) is 19.7 Å². The molecule has 0 N–H and O–H groups in total. The Morgan fingerprint density at radius 3 is 2.37 bits per heavy atom. The van der Waals surface area contributed by atoms with Crippen LogP contribution in [0.15, 0.2) is 30.3 Å². The largest absolute Gasteiger partial charge is 0.451 e. The monoisotopic (exact) mass is 382 g/mol. The van der Waals surface area contributed by atoms with E-state index < -0.39 is 18.5 Å². The molecule has 2 aromatic rings. The number of rotatable bonds is 8. The number of hydrogen-bond acceptors (Lipinski definition) is 7. The molecular formula is C19H18N4O3S. The number of ether oxygens (including phenoxy) is 1. The van der Waals surface area contributed by atoms with E-state index in [1.165, 1.54) is 16.2 Å². The summed E-state index contributed by atoms with van der Waals surface area (Å²) < 4.78 is 5.14. The molecular weight excluding hydrogens is 364 g/mol. The Balaban J connectivity index is 2.00. The second-order valence-corrected chi connectivity index (χ2v) is 6.57. The van der Waals surface area contributed by atoms with Crippen LogP contribution in [0.25, 0.3) is 10.6 Å². The van der Waals surface area contributed by atoms with E-state index in [9.17, 15) is 9.59 Å². The Hall–Kier alpha value is -3.23. The second kappa shape index (κ2) is 10.0. The lowest BCUT2D eigenvalue weighted by atomic mass is 10.2. The van der Waals surface area contributed by atoms with Crippen LogP contribution in [0.2, 0.25) is 0 Å². The predicted octanol–water partition coefficient (Wildman–Crippen LogP) is 2.93. The molecule has 0 unspecified atom stereocenters. The summed E-state index contributed by atoms with van der Waals surface area (Å²) in [7, 11) is 0. The van der Waals surface area contributed by atoms with Crippen molar-refractivity contribution in [3.63, 3.8) is 0 Å². The number of carbonyl (C=O) groups is 2. The summed E-state index contributed by atoms with van der Waals surface area (Å²) in [6, 6.07) is 13.4. The molecule has 27 heavy (non-hydrogen) atoms. The highest BCUT2D eigenvalue weighted by atomic mass is 32.1. The maximum absolute atomic E-state index is 12.3. The van der Waals surface area contributed by atoms with Crippen LogP contribution in [-0.4, -0.2) is 41.5 Å². The van der Waals surface area contributed by atoms with E-state index in [2.05, 4.69) is 4.98 Å². The van der Waals surface area contributed by atoms with Gasteiger partial charge in [0.25, 0.3) is 5.91 Å². The lowest BCUT2D eigenvalue weighted by Crippen LogP contribution is -2.36. The molecule has 0 bridgehead atoms. The summed E-state index contributed by atoms with van der Waals surface area (Å²) in [5, 5.41) is 18.0. The minimum absolute atomic E-state index is 0.152. The van der Waals surface area contributed by atoms with Gasteiger partial charge < -0.3 is 9.64 Å². The van der Waals surface area contributed by atoms with Crippen molar-refractivity contribution in [2.24, 2.45) is 0 Å². The zero-order valence-electron chi connectivity index (χ0n) is 14.8. The Kier molecular flexibility index (Phi) is 7.48. The number of nitriles is 2. The van der Waals surface area contributed by atoms with Crippen molar-refractivity contribution in [3.05, 3.63) is 40.9 Å². The molecule has 1 heterocycles. The standard InChI is InChI=1S/C19H18N4O3S/c1-14-17(27-18(22-14)15-7-3-2-4-8-15)19(25)26-13-16(24)23(11-5-9-20)12-6-10-21/h2-4,7-8H,5-6,11-13H2,1H3. The Labute approximate surface area is 161 Å². The Morgan fingerprint density at radius 2 is 1.78 bits per heavy atom. The van der Waals surface area contributed by atoms with Crippen molar-refractivity contribution >= 4 is 23.2 Å². The van der Waals surface area contributed by atoms with Gasteiger partial charge in [0.2, 0.25) is 0 Å². The zero-order valence-corrected chi connectivity index (χ0v) is 15.7. The quantitative estimate of drug-likeness (QED) is 0.650. The first-order chi connectivity index (χ1) is 13.1. The SMILES string of the molecule is Cc1nc(-c2ccccc2)sc1C(=O)OCC(=O)N(CCC#N)CCC#N. The van der Waals surface area contributed by atoms with Gasteiger partial charge in [-0.15, -0.1) is 11.3 Å². The summed E-state index contributed by atoms with van der Waals surface area (Å²) in [5.74, 6) is -1.04. The van der Waals surface area contributed by atoms with E-state index in [1.54, 1.807) is 6.92 Å². The third-order valence-corrected chi connectivity index (χ3v) is 4.86. The molecule has 0 fully saturated rings. The number of aromatic nitrogens is 1. The van der Waals surface area contributed by atoms with Crippen molar-refractivity contribution in [2.45, 2.75) is 19.8 Å².